The summed E-state index contributed by atoms with van der Waals surface area (Å²) in [7, 11) is 0. The van der Waals surface area contributed by atoms with Crippen molar-refractivity contribution in [1.29, 1.82) is 0 Å². The Morgan fingerprint density at radius 2 is 2.07 bits per heavy atom. The zero-order valence-electron chi connectivity index (χ0n) is 7.99. The zero-order chi connectivity index (χ0) is 9.80. The Bertz CT molecular complexity index is 270. The minimum absolute atomic E-state index is 0.727. The van der Waals surface area contributed by atoms with Crippen LogP contribution in [0.1, 0.15) is 11.9 Å². The van der Waals surface area contributed by atoms with Gasteiger partial charge < -0.3 is 5.32 Å². The van der Waals surface area contributed by atoms with Crippen molar-refractivity contribution in [2.24, 2.45) is 0 Å². The van der Waals surface area contributed by atoms with E-state index in [1.807, 2.05) is 36.9 Å². The molecule has 0 amide bonds. The van der Waals surface area contributed by atoms with Gasteiger partial charge in [0.05, 0.1) is 0 Å². The fraction of sp³-hybridized carbons (Fsp3) is 0.364. The van der Waals surface area contributed by atoms with Crippen LogP contribution >= 0.6 is 0 Å². The highest BCUT2D eigenvalue weighted by Gasteiger charge is 2.20. The van der Waals surface area contributed by atoms with E-state index in [-0.39, 0.29) is 0 Å². The second kappa shape index (κ2) is 4.53. The Balaban J connectivity index is 2.03. The van der Waals surface area contributed by atoms with E-state index < -0.39 is 6.30 Å². The predicted molar refractivity (Wildman–Crippen MR) is 54.2 cm³/mol. The molecule has 1 saturated heterocycles. The van der Waals surface area contributed by atoms with E-state index in [0.29, 0.717) is 0 Å². The monoisotopic (exact) mass is 193 g/mol. The molecule has 0 aliphatic carbocycles. The number of hydrogen-bond donors (Lipinski definition) is 1. The molecule has 1 aliphatic heterocycles. The van der Waals surface area contributed by atoms with Crippen LogP contribution in [0.25, 0.3) is 0 Å². The molecule has 0 bridgehead atoms. The SMILES string of the molecule is FC(c1ccccc1)N1[CH]CNCC1. The van der Waals surface area contributed by atoms with Crippen LogP contribution in [0.3, 0.4) is 0 Å². The van der Waals surface area contributed by atoms with Gasteiger partial charge in [-0.25, -0.2) is 4.39 Å². The summed E-state index contributed by atoms with van der Waals surface area (Å²) in [6, 6.07) is 9.27. The number of benzene rings is 1. The molecule has 1 aliphatic rings. The van der Waals surface area contributed by atoms with E-state index in [4.69, 9.17) is 0 Å². The zero-order valence-corrected chi connectivity index (χ0v) is 7.99. The van der Waals surface area contributed by atoms with Gasteiger partial charge in [-0.3, -0.25) is 4.90 Å². The summed E-state index contributed by atoms with van der Waals surface area (Å²) in [5.41, 5.74) is 0.727. The van der Waals surface area contributed by atoms with Crippen LogP contribution in [0.15, 0.2) is 30.3 Å². The molecule has 2 nitrogen and oxygen atoms in total. The van der Waals surface area contributed by atoms with E-state index in [1.54, 1.807) is 4.90 Å². The van der Waals surface area contributed by atoms with Crippen molar-refractivity contribution < 1.29 is 4.39 Å². The molecule has 0 spiro atoms. The minimum atomic E-state index is -1.00. The molecule has 1 aromatic carbocycles. The summed E-state index contributed by atoms with van der Waals surface area (Å²) < 4.78 is 13.9. The number of nitrogens with zero attached hydrogens (tertiary/aromatic N) is 1. The highest BCUT2D eigenvalue weighted by molar-refractivity contribution is 5.17. The second-order valence-corrected chi connectivity index (χ2v) is 3.37. The maximum atomic E-state index is 13.9. The van der Waals surface area contributed by atoms with Crippen molar-refractivity contribution >= 4 is 0 Å². The Morgan fingerprint density at radius 1 is 1.29 bits per heavy atom. The van der Waals surface area contributed by atoms with Gasteiger partial charge in [-0.1, -0.05) is 30.3 Å². The molecule has 1 fully saturated rings. The van der Waals surface area contributed by atoms with Crippen molar-refractivity contribution in [1.82, 2.24) is 10.2 Å². The number of nitrogens with one attached hydrogen (secondary N) is 1. The van der Waals surface area contributed by atoms with Crippen molar-refractivity contribution in [2.75, 3.05) is 19.6 Å². The van der Waals surface area contributed by atoms with Gasteiger partial charge in [-0.2, -0.15) is 0 Å². The quantitative estimate of drug-likeness (QED) is 0.719. The smallest absolute Gasteiger partial charge is 0.179 e. The predicted octanol–water partition coefficient (Wildman–Crippen LogP) is 1.72. The molecule has 0 saturated carbocycles. The first-order valence-electron chi connectivity index (χ1n) is 4.87. The van der Waals surface area contributed by atoms with E-state index in [0.717, 1.165) is 25.2 Å². The molecule has 1 heterocycles. The molecule has 1 N–H and O–H groups in total. The first-order valence-corrected chi connectivity index (χ1v) is 4.87. The summed E-state index contributed by atoms with van der Waals surface area (Å²) in [6.07, 6.45) is -1.00. The molecule has 75 valence electrons. The molecule has 2 rings (SSSR count). The normalized spacial score (nSPS) is 20.6. The maximum absolute atomic E-state index is 13.9. The van der Waals surface area contributed by atoms with Crippen LogP contribution < -0.4 is 5.32 Å². The number of piperazine rings is 1. The van der Waals surface area contributed by atoms with Crippen molar-refractivity contribution in [2.45, 2.75) is 6.30 Å². The van der Waals surface area contributed by atoms with Crippen molar-refractivity contribution in [3.8, 4) is 0 Å². The van der Waals surface area contributed by atoms with Crippen LogP contribution in [0, 0.1) is 6.54 Å². The van der Waals surface area contributed by atoms with Crippen LogP contribution in [-0.4, -0.2) is 24.5 Å². The van der Waals surface area contributed by atoms with Gasteiger partial charge in [0, 0.05) is 31.7 Å². The average molecular weight is 193 g/mol. The number of halogens is 1. The van der Waals surface area contributed by atoms with Crippen LogP contribution in [0.5, 0.6) is 0 Å². The van der Waals surface area contributed by atoms with Crippen molar-refractivity contribution in [3.05, 3.63) is 42.4 Å². The van der Waals surface area contributed by atoms with Gasteiger partial charge in [0.2, 0.25) is 0 Å². The summed E-state index contributed by atoms with van der Waals surface area (Å²) in [5.74, 6) is 0. The lowest BCUT2D eigenvalue weighted by Crippen LogP contribution is -2.40. The van der Waals surface area contributed by atoms with Gasteiger partial charge in [0.1, 0.15) is 0 Å². The standard InChI is InChI=1S/C11H14FN2/c12-11(10-4-2-1-3-5-10)14-8-6-13-7-9-14/h1-5,8,11,13H,6-7,9H2. The first kappa shape index (κ1) is 9.62. The van der Waals surface area contributed by atoms with Gasteiger partial charge in [0.25, 0.3) is 0 Å². The number of hydrogen-bond acceptors (Lipinski definition) is 2. The summed E-state index contributed by atoms with van der Waals surface area (Å²) in [6.45, 7) is 4.22. The average Bonchev–Trinajstić information content (AvgIpc) is 2.30. The molecular weight excluding hydrogens is 179 g/mol. The van der Waals surface area contributed by atoms with Crippen LogP contribution in [-0.2, 0) is 0 Å². The van der Waals surface area contributed by atoms with Crippen LogP contribution in [0.4, 0.5) is 4.39 Å². The van der Waals surface area contributed by atoms with E-state index in [9.17, 15) is 4.39 Å². The second-order valence-electron chi connectivity index (χ2n) is 3.37. The lowest BCUT2D eigenvalue weighted by atomic mass is 10.2. The third-order valence-corrected chi connectivity index (χ3v) is 2.38. The van der Waals surface area contributed by atoms with E-state index in [1.165, 1.54) is 0 Å². The van der Waals surface area contributed by atoms with Gasteiger partial charge in [-0.05, 0) is 0 Å². The number of rotatable bonds is 2. The fourth-order valence-corrected chi connectivity index (χ4v) is 1.59. The topological polar surface area (TPSA) is 15.3 Å². The third-order valence-electron chi connectivity index (χ3n) is 2.38. The lowest BCUT2D eigenvalue weighted by Gasteiger charge is -2.29. The highest BCUT2D eigenvalue weighted by Crippen LogP contribution is 2.23. The molecule has 1 atom stereocenters. The Hall–Kier alpha value is -0.930. The Labute approximate surface area is 83.7 Å². The largest absolute Gasteiger partial charge is 0.314 e. The molecule has 3 heteroatoms. The summed E-state index contributed by atoms with van der Waals surface area (Å²) >= 11 is 0. The number of alkyl halides is 1. The third kappa shape index (κ3) is 2.11. The summed E-state index contributed by atoms with van der Waals surface area (Å²) in [5, 5.41) is 3.16. The van der Waals surface area contributed by atoms with E-state index >= 15 is 0 Å². The summed E-state index contributed by atoms with van der Waals surface area (Å²) in [4.78, 5) is 1.74. The highest BCUT2D eigenvalue weighted by atomic mass is 19.1. The lowest BCUT2D eigenvalue weighted by molar-refractivity contribution is 0.0995. The molecule has 1 aromatic rings. The molecule has 0 aromatic heterocycles. The fourth-order valence-electron chi connectivity index (χ4n) is 1.59. The Kier molecular flexibility index (Phi) is 3.11. The molecule has 1 radical (unpaired) electrons. The molecular formula is C11H14FN2. The van der Waals surface area contributed by atoms with Gasteiger partial charge in [0.15, 0.2) is 6.30 Å². The van der Waals surface area contributed by atoms with E-state index in [2.05, 4.69) is 5.32 Å². The molecule has 1 unspecified atom stereocenters. The van der Waals surface area contributed by atoms with Gasteiger partial charge in [-0.15, -0.1) is 0 Å². The van der Waals surface area contributed by atoms with Crippen molar-refractivity contribution in [3.63, 3.8) is 0 Å². The van der Waals surface area contributed by atoms with Crippen LogP contribution in [0.2, 0.25) is 0 Å². The Morgan fingerprint density at radius 3 is 2.71 bits per heavy atom. The van der Waals surface area contributed by atoms with Gasteiger partial charge >= 0.3 is 0 Å². The first-order chi connectivity index (χ1) is 6.88. The molecule has 14 heavy (non-hydrogen) atoms. The maximum Gasteiger partial charge on any atom is 0.179 e. The minimum Gasteiger partial charge on any atom is -0.314 e.